The highest BCUT2D eigenvalue weighted by Crippen LogP contribution is 2.16. The largest absolute Gasteiger partial charge is 0.464 e. The summed E-state index contributed by atoms with van der Waals surface area (Å²) in [5, 5.41) is 12.1. The molecule has 0 aliphatic rings. The van der Waals surface area contributed by atoms with Crippen LogP contribution in [-0.2, 0) is 0 Å². The molecule has 0 saturated carbocycles. The SMILES string of the molecule is CCOc1nc(NC)nc(SCCO)n1. The van der Waals surface area contributed by atoms with Crippen molar-refractivity contribution in [1.29, 1.82) is 0 Å². The molecule has 84 valence electrons. The van der Waals surface area contributed by atoms with Crippen molar-refractivity contribution in [3.05, 3.63) is 0 Å². The van der Waals surface area contributed by atoms with E-state index in [9.17, 15) is 0 Å². The number of nitrogens with one attached hydrogen (secondary N) is 1. The van der Waals surface area contributed by atoms with Gasteiger partial charge in [-0.2, -0.15) is 15.0 Å². The summed E-state index contributed by atoms with van der Waals surface area (Å²) in [5.41, 5.74) is 0. The van der Waals surface area contributed by atoms with Gasteiger partial charge in [0.15, 0.2) is 5.16 Å². The molecule has 0 aromatic carbocycles. The Morgan fingerprint density at radius 2 is 2.20 bits per heavy atom. The molecular weight excluding hydrogens is 216 g/mol. The first-order valence-electron chi connectivity index (χ1n) is 4.60. The zero-order valence-electron chi connectivity index (χ0n) is 8.73. The van der Waals surface area contributed by atoms with E-state index in [4.69, 9.17) is 9.84 Å². The number of aliphatic hydroxyl groups is 1. The van der Waals surface area contributed by atoms with Crippen LogP contribution in [-0.4, -0.2) is 46.1 Å². The van der Waals surface area contributed by atoms with Gasteiger partial charge in [0, 0.05) is 12.8 Å². The molecule has 15 heavy (non-hydrogen) atoms. The lowest BCUT2D eigenvalue weighted by atomic mass is 10.8. The topological polar surface area (TPSA) is 80.2 Å². The Labute approximate surface area is 92.5 Å². The molecule has 0 aliphatic carbocycles. The fourth-order valence-electron chi connectivity index (χ4n) is 0.845. The van der Waals surface area contributed by atoms with Crippen molar-refractivity contribution >= 4 is 17.7 Å². The van der Waals surface area contributed by atoms with Crippen molar-refractivity contribution in [3.63, 3.8) is 0 Å². The highest BCUT2D eigenvalue weighted by molar-refractivity contribution is 7.99. The summed E-state index contributed by atoms with van der Waals surface area (Å²) in [6.07, 6.45) is 0. The quantitative estimate of drug-likeness (QED) is 0.684. The van der Waals surface area contributed by atoms with Crippen molar-refractivity contribution in [3.8, 4) is 6.01 Å². The molecule has 0 aliphatic heterocycles. The monoisotopic (exact) mass is 230 g/mol. The summed E-state index contributed by atoms with van der Waals surface area (Å²) < 4.78 is 5.19. The third kappa shape index (κ3) is 3.88. The number of hydrogen-bond donors (Lipinski definition) is 2. The van der Waals surface area contributed by atoms with Crippen molar-refractivity contribution < 1.29 is 9.84 Å². The highest BCUT2D eigenvalue weighted by Gasteiger charge is 2.06. The number of hydrogen-bond acceptors (Lipinski definition) is 7. The average molecular weight is 230 g/mol. The number of nitrogens with zero attached hydrogens (tertiary/aromatic N) is 3. The first kappa shape index (κ1) is 12.0. The van der Waals surface area contributed by atoms with Crippen LogP contribution in [0, 0.1) is 0 Å². The number of ether oxygens (including phenoxy) is 1. The maximum atomic E-state index is 8.69. The van der Waals surface area contributed by atoms with Gasteiger partial charge >= 0.3 is 6.01 Å². The van der Waals surface area contributed by atoms with Crippen LogP contribution >= 0.6 is 11.8 Å². The first-order chi connectivity index (χ1) is 7.30. The predicted molar refractivity (Wildman–Crippen MR) is 58.4 cm³/mol. The minimum Gasteiger partial charge on any atom is -0.464 e. The van der Waals surface area contributed by atoms with E-state index in [-0.39, 0.29) is 6.61 Å². The van der Waals surface area contributed by atoms with Gasteiger partial charge < -0.3 is 15.2 Å². The van der Waals surface area contributed by atoms with E-state index in [1.54, 1.807) is 7.05 Å². The molecule has 2 N–H and O–H groups in total. The van der Waals surface area contributed by atoms with Crippen LogP contribution < -0.4 is 10.1 Å². The number of rotatable bonds is 6. The minimum atomic E-state index is 0.0925. The van der Waals surface area contributed by atoms with Crippen molar-refractivity contribution in [2.24, 2.45) is 0 Å². The Hall–Kier alpha value is -1.08. The molecule has 7 heteroatoms. The second-order valence-corrected chi connectivity index (χ2v) is 3.54. The zero-order chi connectivity index (χ0) is 11.1. The van der Waals surface area contributed by atoms with E-state index < -0.39 is 0 Å². The number of aliphatic hydroxyl groups excluding tert-OH is 1. The first-order valence-corrected chi connectivity index (χ1v) is 5.59. The van der Waals surface area contributed by atoms with Gasteiger partial charge in [0.25, 0.3) is 0 Å². The molecule has 0 fully saturated rings. The number of anilines is 1. The predicted octanol–water partition coefficient (Wildman–Crippen LogP) is 0.396. The van der Waals surface area contributed by atoms with E-state index in [2.05, 4.69) is 20.3 Å². The molecule has 0 amide bonds. The van der Waals surface area contributed by atoms with Crippen LogP contribution in [0.4, 0.5) is 5.95 Å². The second kappa shape index (κ2) is 6.41. The lowest BCUT2D eigenvalue weighted by Gasteiger charge is -2.05. The molecule has 0 bridgehead atoms. The van der Waals surface area contributed by atoms with E-state index in [0.29, 0.717) is 29.5 Å². The summed E-state index contributed by atoms with van der Waals surface area (Å²) in [5.74, 6) is 1.02. The second-order valence-electron chi connectivity index (χ2n) is 2.48. The number of thioether (sulfide) groups is 1. The lowest BCUT2D eigenvalue weighted by molar-refractivity contribution is 0.308. The summed E-state index contributed by atoms with van der Waals surface area (Å²) in [4.78, 5) is 12.2. The van der Waals surface area contributed by atoms with Crippen LogP contribution in [0.2, 0.25) is 0 Å². The molecule has 1 aromatic rings. The molecule has 0 atom stereocenters. The minimum absolute atomic E-state index is 0.0925. The van der Waals surface area contributed by atoms with E-state index in [0.717, 1.165) is 0 Å². The summed E-state index contributed by atoms with van der Waals surface area (Å²) in [7, 11) is 1.73. The van der Waals surface area contributed by atoms with Gasteiger partial charge in [-0.3, -0.25) is 0 Å². The zero-order valence-corrected chi connectivity index (χ0v) is 9.54. The van der Waals surface area contributed by atoms with Crippen LogP contribution in [0.1, 0.15) is 6.92 Å². The molecule has 1 heterocycles. The molecule has 0 saturated heterocycles. The van der Waals surface area contributed by atoms with Gasteiger partial charge in [0.05, 0.1) is 13.2 Å². The standard InChI is InChI=1S/C8H14N4O2S/c1-3-14-7-10-6(9-2)11-8(12-7)15-5-4-13/h13H,3-5H2,1-2H3,(H,9,10,11,12). The summed E-state index contributed by atoms with van der Waals surface area (Å²) in [6.45, 7) is 2.47. The van der Waals surface area contributed by atoms with Crippen molar-refractivity contribution in [2.75, 3.05) is 31.3 Å². The van der Waals surface area contributed by atoms with Gasteiger partial charge in [-0.15, -0.1) is 0 Å². The van der Waals surface area contributed by atoms with Gasteiger partial charge in [0.2, 0.25) is 5.95 Å². The molecule has 0 radical (unpaired) electrons. The Kier molecular flexibility index (Phi) is 5.13. The van der Waals surface area contributed by atoms with E-state index in [1.165, 1.54) is 11.8 Å². The van der Waals surface area contributed by atoms with Crippen molar-refractivity contribution in [2.45, 2.75) is 12.1 Å². The van der Waals surface area contributed by atoms with Gasteiger partial charge in [0.1, 0.15) is 0 Å². The lowest BCUT2D eigenvalue weighted by Crippen LogP contribution is -2.05. The van der Waals surface area contributed by atoms with Gasteiger partial charge in [-0.25, -0.2) is 0 Å². The van der Waals surface area contributed by atoms with Crippen LogP contribution in [0.15, 0.2) is 5.16 Å². The van der Waals surface area contributed by atoms with Crippen LogP contribution in [0.5, 0.6) is 6.01 Å². The fraction of sp³-hybridized carbons (Fsp3) is 0.625. The Balaban J connectivity index is 2.79. The number of aromatic nitrogens is 3. The van der Waals surface area contributed by atoms with Crippen LogP contribution in [0.3, 0.4) is 0 Å². The molecular formula is C8H14N4O2S. The van der Waals surface area contributed by atoms with E-state index >= 15 is 0 Å². The van der Waals surface area contributed by atoms with Gasteiger partial charge in [-0.1, -0.05) is 11.8 Å². The van der Waals surface area contributed by atoms with Crippen molar-refractivity contribution in [1.82, 2.24) is 15.0 Å². The Bertz CT molecular complexity index is 311. The smallest absolute Gasteiger partial charge is 0.322 e. The third-order valence-electron chi connectivity index (χ3n) is 1.41. The maximum absolute atomic E-state index is 8.69. The molecule has 0 spiro atoms. The normalized spacial score (nSPS) is 10.1. The molecule has 6 nitrogen and oxygen atoms in total. The summed E-state index contributed by atoms with van der Waals surface area (Å²) in [6, 6.07) is 0.303. The third-order valence-corrected chi connectivity index (χ3v) is 2.24. The molecule has 0 unspecified atom stereocenters. The molecule has 1 rings (SSSR count). The highest BCUT2D eigenvalue weighted by atomic mass is 32.2. The fourth-order valence-corrected chi connectivity index (χ4v) is 1.41. The van der Waals surface area contributed by atoms with Gasteiger partial charge in [-0.05, 0) is 6.92 Å². The Morgan fingerprint density at radius 1 is 1.40 bits per heavy atom. The Morgan fingerprint density at radius 3 is 2.80 bits per heavy atom. The maximum Gasteiger partial charge on any atom is 0.322 e. The average Bonchev–Trinajstić information content (AvgIpc) is 2.26. The summed E-state index contributed by atoms with van der Waals surface area (Å²) >= 11 is 1.36. The van der Waals surface area contributed by atoms with Crippen LogP contribution in [0.25, 0.3) is 0 Å². The van der Waals surface area contributed by atoms with E-state index in [1.807, 2.05) is 6.92 Å². The molecule has 1 aromatic heterocycles.